The van der Waals surface area contributed by atoms with Crippen LogP contribution in [0.2, 0.25) is 5.02 Å². The summed E-state index contributed by atoms with van der Waals surface area (Å²) < 4.78 is 26.3. The molecule has 0 aliphatic rings. The van der Waals surface area contributed by atoms with E-state index in [2.05, 4.69) is 0 Å². The predicted molar refractivity (Wildman–Crippen MR) is 94.6 cm³/mol. The normalized spacial score (nSPS) is 11.5. The summed E-state index contributed by atoms with van der Waals surface area (Å²) in [5.74, 6) is -0.0938. The average molecular weight is 367 g/mol. The van der Waals surface area contributed by atoms with E-state index in [-0.39, 0.29) is 17.3 Å². The van der Waals surface area contributed by atoms with Crippen molar-refractivity contribution in [3.63, 3.8) is 0 Å². The molecule has 0 aliphatic heterocycles. The van der Waals surface area contributed by atoms with Gasteiger partial charge in [0.2, 0.25) is 10.0 Å². The van der Waals surface area contributed by atoms with Crippen molar-refractivity contribution in [1.82, 2.24) is 9.21 Å². The molecule has 0 saturated heterocycles. The van der Waals surface area contributed by atoms with E-state index in [1.807, 2.05) is 0 Å². The molecule has 0 heterocycles. The quantitative estimate of drug-likeness (QED) is 0.817. The van der Waals surface area contributed by atoms with Gasteiger partial charge < -0.3 is 4.90 Å². The van der Waals surface area contributed by atoms with Gasteiger partial charge >= 0.3 is 0 Å². The summed E-state index contributed by atoms with van der Waals surface area (Å²) in [4.78, 5) is 13.5. The SMILES string of the molecule is CN(C)C(=O)c1ccc(CN(C)S(=O)(=O)c2ccc(Cl)cc2)cc1. The lowest BCUT2D eigenvalue weighted by Gasteiger charge is -2.18. The van der Waals surface area contributed by atoms with Crippen molar-refractivity contribution in [1.29, 1.82) is 0 Å². The van der Waals surface area contributed by atoms with E-state index in [1.54, 1.807) is 50.5 Å². The van der Waals surface area contributed by atoms with Gasteiger partial charge in [0, 0.05) is 38.3 Å². The van der Waals surface area contributed by atoms with Crippen LogP contribution in [0.15, 0.2) is 53.4 Å². The van der Waals surface area contributed by atoms with E-state index in [0.29, 0.717) is 10.6 Å². The van der Waals surface area contributed by atoms with Crippen LogP contribution in [0, 0.1) is 0 Å². The van der Waals surface area contributed by atoms with Crippen molar-refractivity contribution in [2.75, 3.05) is 21.1 Å². The molecule has 0 saturated carbocycles. The molecular weight excluding hydrogens is 348 g/mol. The molecule has 0 fully saturated rings. The standard InChI is InChI=1S/C17H19ClN2O3S/c1-19(2)17(21)14-6-4-13(5-7-14)12-20(3)24(22,23)16-10-8-15(18)9-11-16/h4-11H,12H2,1-3H3. The molecule has 0 radical (unpaired) electrons. The topological polar surface area (TPSA) is 57.7 Å². The maximum atomic E-state index is 12.5. The molecule has 0 aliphatic carbocycles. The summed E-state index contributed by atoms with van der Waals surface area (Å²) in [6.07, 6.45) is 0. The molecule has 128 valence electrons. The fraction of sp³-hybridized carbons (Fsp3) is 0.235. The van der Waals surface area contributed by atoms with Crippen LogP contribution in [0.4, 0.5) is 0 Å². The predicted octanol–water partition coefficient (Wildman–Crippen LogP) is 2.86. The third kappa shape index (κ3) is 4.14. The molecule has 0 spiro atoms. The summed E-state index contributed by atoms with van der Waals surface area (Å²) in [7, 11) is 1.29. The molecule has 5 nitrogen and oxygen atoms in total. The van der Waals surface area contributed by atoms with Crippen molar-refractivity contribution in [3.8, 4) is 0 Å². The van der Waals surface area contributed by atoms with Crippen LogP contribution in [0.25, 0.3) is 0 Å². The molecule has 0 unspecified atom stereocenters. The fourth-order valence-electron chi connectivity index (χ4n) is 2.14. The minimum absolute atomic E-state index is 0.0938. The number of benzene rings is 2. The Hall–Kier alpha value is -1.89. The summed E-state index contributed by atoms with van der Waals surface area (Å²) in [5.41, 5.74) is 1.36. The molecule has 0 aromatic heterocycles. The summed E-state index contributed by atoms with van der Waals surface area (Å²) in [6, 6.07) is 12.9. The monoisotopic (exact) mass is 366 g/mol. The number of hydrogen-bond donors (Lipinski definition) is 0. The number of carbonyl (C=O) groups is 1. The van der Waals surface area contributed by atoms with Gasteiger partial charge in [0.15, 0.2) is 0 Å². The second-order valence-electron chi connectivity index (χ2n) is 5.61. The highest BCUT2D eigenvalue weighted by Gasteiger charge is 2.20. The van der Waals surface area contributed by atoms with Crippen LogP contribution in [0.1, 0.15) is 15.9 Å². The largest absolute Gasteiger partial charge is 0.345 e. The Morgan fingerprint density at radius 1 is 0.958 bits per heavy atom. The molecule has 0 atom stereocenters. The smallest absolute Gasteiger partial charge is 0.253 e. The van der Waals surface area contributed by atoms with Gasteiger partial charge in [0.25, 0.3) is 5.91 Å². The highest BCUT2D eigenvalue weighted by molar-refractivity contribution is 7.89. The maximum Gasteiger partial charge on any atom is 0.253 e. The minimum Gasteiger partial charge on any atom is -0.345 e. The molecule has 1 amide bonds. The number of sulfonamides is 1. The number of hydrogen-bond acceptors (Lipinski definition) is 3. The first-order valence-corrected chi connectivity index (χ1v) is 9.06. The first kappa shape index (κ1) is 18.4. The summed E-state index contributed by atoms with van der Waals surface area (Å²) >= 11 is 5.79. The van der Waals surface area contributed by atoms with Crippen LogP contribution in [0.3, 0.4) is 0 Å². The third-order valence-corrected chi connectivity index (χ3v) is 5.60. The summed E-state index contributed by atoms with van der Waals surface area (Å²) in [6.45, 7) is 0.210. The van der Waals surface area contributed by atoms with Crippen LogP contribution in [0.5, 0.6) is 0 Å². The lowest BCUT2D eigenvalue weighted by Crippen LogP contribution is -2.26. The van der Waals surface area contributed by atoms with Crippen LogP contribution in [-0.4, -0.2) is 44.7 Å². The molecule has 2 rings (SSSR count). The molecule has 2 aromatic carbocycles. The van der Waals surface area contributed by atoms with Crippen LogP contribution in [-0.2, 0) is 16.6 Å². The van der Waals surface area contributed by atoms with Gasteiger partial charge in [-0.15, -0.1) is 0 Å². The highest BCUT2D eigenvalue weighted by atomic mass is 35.5. The van der Waals surface area contributed by atoms with Crippen molar-refractivity contribution in [2.24, 2.45) is 0 Å². The second-order valence-corrected chi connectivity index (χ2v) is 8.09. The summed E-state index contributed by atoms with van der Waals surface area (Å²) in [5, 5.41) is 0.484. The Balaban J connectivity index is 2.15. The van der Waals surface area contributed by atoms with Crippen molar-refractivity contribution in [3.05, 3.63) is 64.7 Å². The zero-order valence-electron chi connectivity index (χ0n) is 13.7. The lowest BCUT2D eigenvalue weighted by molar-refractivity contribution is 0.0827. The number of rotatable bonds is 5. The third-order valence-electron chi connectivity index (χ3n) is 3.53. The molecule has 0 N–H and O–H groups in total. The number of amides is 1. The zero-order valence-corrected chi connectivity index (χ0v) is 15.3. The van der Waals surface area contributed by atoms with E-state index in [1.165, 1.54) is 28.4 Å². The van der Waals surface area contributed by atoms with Gasteiger partial charge in [-0.05, 0) is 42.0 Å². The van der Waals surface area contributed by atoms with E-state index >= 15 is 0 Å². The Labute approximate surface area is 147 Å². The van der Waals surface area contributed by atoms with Gasteiger partial charge in [-0.3, -0.25) is 4.79 Å². The van der Waals surface area contributed by atoms with E-state index < -0.39 is 10.0 Å². The first-order valence-electron chi connectivity index (χ1n) is 7.24. The van der Waals surface area contributed by atoms with Gasteiger partial charge in [-0.1, -0.05) is 23.7 Å². The van der Waals surface area contributed by atoms with Crippen LogP contribution < -0.4 is 0 Å². The number of nitrogens with zero attached hydrogens (tertiary/aromatic N) is 2. The Morgan fingerprint density at radius 2 is 1.50 bits per heavy atom. The molecular formula is C17H19ClN2O3S. The molecule has 2 aromatic rings. The molecule has 24 heavy (non-hydrogen) atoms. The van der Waals surface area contributed by atoms with Crippen molar-refractivity contribution in [2.45, 2.75) is 11.4 Å². The minimum atomic E-state index is -3.59. The second kappa shape index (κ2) is 7.34. The van der Waals surface area contributed by atoms with Gasteiger partial charge in [0.05, 0.1) is 4.90 Å². The van der Waals surface area contributed by atoms with Crippen LogP contribution >= 0.6 is 11.6 Å². The van der Waals surface area contributed by atoms with E-state index in [0.717, 1.165) is 5.56 Å². The van der Waals surface area contributed by atoms with E-state index in [9.17, 15) is 13.2 Å². The Morgan fingerprint density at radius 3 is 2.00 bits per heavy atom. The first-order chi connectivity index (χ1) is 11.2. The van der Waals surface area contributed by atoms with Gasteiger partial charge in [-0.25, -0.2) is 8.42 Å². The van der Waals surface area contributed by atoms with Gasteiger partial charge in [0.1, 0.15) is 0 Å². The van der Waals surface area contributed by atoms with Crippen molar-refractivity contribution < 1.29 is 13.2 Å². The Bertz CT molecular complexity index is 816. The molecule has 7 heteroatoms. The highest BCUT2D eigenvalue weighted by Crippen LogP contribution is 2.19. The molecule has 0 bridgehead atoms. The Kier molecular flexibility index (Phi) is 5.64. The van der Waals surface area contributed by atoms with Gasteiger partial charge in [-0.2, -0.15) is 4.31 Å². The number of halogens is 1. The van der Waals surface area contributed by atoms with Crippen molar-refractivity contribution >= 4 is 27.5 Å². The number of carbonyl (C=O) groups excluding carboxylic acids is 1. The fourth-order valence-corrected chi connectivity index (χ4v) is 3.42. The lowest BCUT2D eigenvalue weighted by atomic mass is 10.1. The maximum absolute atomic E-state index is 12.5. The average Bonchev–Trinajstić information content (AvgIpc) is 2.55. The zero-order chi connectivity index (χ0) is 17.9. The van der Waals surface area contributed by atoms with E-state index in [4.69, 9.17) is 11.6 Å².